The van der Waals surface area contributed by atoms with E-state index in [0.717, 1.165) is 28.9 Å². The predicted molar refractivity (Wildman–Crippen MR) is 143 cm³/mol. The van der Waals surface area contributed by atoms with Gasteiger partial charge in [0.25, 0.3) is 5.91 Å². The van der Waals surface area contributed by atoms with Gasteiger partial charge >= 0.3 is 12.1 Å². The van der Waals surface area contributed by atoms with Crippen molar-refractivity contribution in [3.05, 3.63) is 53.1 Å². The van der Waals surface area contributed by atoms with Gasteiger partial charge in [0, 0.05) is 25.6 Å². The summed E-state index contributed by atoms with van der Waals surface area (Å²) in [5.74, 6) is -0.157. The molecule has 11 heteroatoms. The molecule has 2 aromatic carbocycles. The molecule has 1 saturated heterocycles. The maximum atomic E-state index is 14.1. The lowest BCUT2D eigenvalue weighted by Gasteiger charge is -2.42. The maximum Gasteiger partial charge on any atom is 0.414 e. The highest BCUT2D eigenvalue weighted by Crippen LogP contribution is 2.42. The number of carboxylic acid groups (broad SMARTS) is 1. The zero-order valence-electron chi connectivity index (χ0n) is 22.7. The monoisotopic (exact) mass is 554 g/mol. The van der Waals surface area contributed by atoms with E-state index in [4.69, 9.17) is 18.9 Å². The number of carbonyl (C=O) groups excluding carboxylic acids is 2. The molecule has 1 N–H and O–H groups in total. The van der Waals surface area contributed by atoms with Gasteiger partial charge in [-0.1, -0.05) is 24.3 Å². The van der Waals surface area contributed by atoms with Crippen molar-refractivity contribution >= 4 is 23.7 Å². The molecule has 2 aromatic rings. The number of hydrogen-bond donors (Lipinski definition) is 1. The molecule has 0 spiro atoms. The van der Waals surface area contributed by atoms with E-state index in [9.17, 15) is 19.5 Å². The van der Waals surface area contributed by atoms with Gasteiger partial charge in [-0.2, -0.15) is 0 Å². The third-order valence-electron chi connectivity index (χ3n) is 7.55. The second-order valence-corrected chi connectivity index (χ2v) is 10.00. The van der Waals surface area contributed by atoms with Gasteiger partial charge in [-0.05, 0) is 49.3 Å². The Balaban J connectivity index is 1.56. The van der Waals surface area contributed by atoms with Crippen molar-refractivity contribution in [2.24, 2.45) is 0 Å². The van der Waals surface area contributed by atoms with Crippen molar-refractivity contribution in [3.8, 4) is 11.5 Å². The maximum absolute atomic E-state index is 14.1. The molecule has 2 amide bonds. The first-order valence-corrected chi connectivity index (χ1v) is 13.5. The van der Waals surface area contributed by atoms with Crippen LogP contribution >= 0.6 is 0 Å². The smallest absolute Gasteiger partial charge is 0.414 e. The average Bonchev–Trinajstić information content (AvgIpc) is 3.06. The molecule has 3 heterocycles. The molecule has 0 aliphatic carbocycles. The van der Waals surface area contributed by atoms with Crippen molar-refractivity contribution in [2.45, 2.75) is 63.6 Å². The summed E-state index contributed by atoms with van der Waals surface area (Å²) in [5, 5.41) is 10.6. The molecular weight excluding hydrogens is 520 g/mol. The molecule has 1 fully saturated rings. The van der Waals surface area contributed by atoms with Crippen LogP contribution in [0.1, 0.15) is 53.6 Å². The minimum absolute atomic E-state index is 0.139. The lowest BCUT2D eigenvalue weighted by Crippen LogP contribution is -2.57. The molecule has 40 heavy (non-hydrogen) atoms. The minimum Gasteiger partial charge on any atom is -0.493 e. The zero-order valence-corrected chi connectivity index (χ0v) is 22.7. The Labute approximate surface area is 232 Å². The molecule has 0 bridgehead atoms. The molecule has 2 unspecified atom stereocenters. The van der Waals surface area contributed by atoms with Gasteiger partial charge in [0.1, 0.15) is 0 Å². The Morgan fingerprint density at radius 1 is 1.10 bits per heavy atom. The van der Waals surface area contributed by atoms with Crippen LogP contribution in [0.3, 0.4) is 0 Å². The number of amides is 2. The fourth-order valence-electron chi connectivity index (χ4n) is 5.52. The van der Waals surface area contributed by atoms with Crippen LogP contribution in [0.25, 0.3) is 0 Å². The van der Waals surface area contributed by atoms with Gasteiger partial charge in [-0.25, -0.2) is 9.69 Å². The lowest BCUT2D eigenvalue weighted by atomic mass is 9.92. The van der Waals surface area contributed by atoms with E-state index in [1.807, 2.05) is 24.3 Å². The van der Waals surface area contributed by atoms with Crippen LogP contribution in [-0.4, -0.2) is 74.0 Å². The Bertz CT molecular complexity index is 1260. The third-order valence-corrected chi connectivity index (χ3v) is 7.55. The van der Waals surface area contributed by atoms with Gasteiger partial charge in [0.15, 0.2) is 24.0 Å². The van der Waals surface area contributed by atoms with E-state index in [0.29, 0.717) is 32.4 Å². The van der Waals surface area contributed by atoms with Crippen LogP contribution in [0.2, 0.25) is 0 Å². The number of methoxy groups -OCH3 is 2. The standard InChI is InChI=1S/C29H34N2O9/c1-36-23-15-20-21(16-24(23)38-13-7-10-25(32)37-2)31(29(34)35)28(40-26-11-5-6-12-39-26)22-14-18-8-3-4-9-19(18)17-30(22)27(20)33/h3-4,8-9,15-16,22,26,28H,5-7,10-14,17H2,1-2H3,(H,34,35)/t22-,26?,28?/m0/s1. The van der Waals surface area contributed by atoms with Crippen molar-refractivity contribution in [2.75, 3.05) is 32.3 Å². The lowest BCUT2D eigenvalue weighted by molar-refractivity contribution is -0.197. The molecule has 214 valence electrons. The number of ether oxygens (including phenoxy) is 5. The average molecular weight is 555 g/mol. The fourth-order valence-corrected chi connectivity index (χ4v) is 5.52. The topological polar surface area (TPSA) is 124 Å². The molecule has 11 nitrogen and oxygen atoms in total. The summed E-state index contributed by atoms with van der Waals surface area (Å²) in [4.78, 5) is 41.3. The van der Waals surface area contributed by atoms with Crippen molar-refractivity contribution in [1.29, 1.82) is 0 Å². The molecule has 3 aliphatic heterocycles. The Morgan fingerprint density at radius 3 is 2.60 bits per heavy atom. The molecule has 3 atom stereocenters. The van der Waals surface area contributed by atoms with E-state index in [1.165, 1.54) is 26.4 Å². The summed E-state index contributed by atoms with van der Waals surface area (Å²) in [6, 6.07) is 10.3. The highest BCUT2D eigenvalue weighted by molar-refractivity contribution is 6.05. The van der Waals surface area contributed by atoms with Crippen molar-refractivity contribution in [1.82, 2.24) is 4.90 Å². The summed E-state index contributed by atoms with van der Waals surface area (Å²) in [7, 11) is 2.77. The minimum atomic E-state index is -1.27. The third kappa shape index (κ3) is 5.57. The normalized spacial score (nSPS) is 21.9. The Morgan fingerprint density at radius 2 is 1.90 bits per heavy atom. The van der Waals surface area contributed by atoms with Crippen LogP contribution in [0.15, 0.2) is 36.4 Å². The van der Waals surface area contributed by atoms with Gasteiger partial charge in [-0.15, -0.1) is 0 Å². The number of nitrogens with zero attached hydrogens (tertiary/aromatic N) is 2. The largest absolute Gasteiger partial charge is 0.493 e. The van der Waals surface area contributed by atoms with Crippen LogP contribution in [0.4, 0.5) is 10.5 Å². The number of esters is 1. The second kappa shape index (κ2) is 12.1. The van der Waals surface area contributed by atoms with Crippen LogP contribution in [0.5, 0.6) is 11.5 Å². The van der Waals surface area contributed by atoms with Crippen LogP contribution in [0, 0.1) is 0 Å². The molecule has 3 aliphatic rings. The number of rotatable bonds is 8. The summed E-state index contributed by atoms with van der Waals surface area (Å²) < 4.78 is 28.4. The molecular formula is C29H34N2O9. The van der Waals surface area contributed by atoms with Crippen molar-refractivity contribution < 1.29 is 43.2 Å². The number of fused-ring (bicyclic) bond motifs is 3. The number of anilines is 1. The SMILES string of the molecule is COC(=O)CCCOc1cc2c(cc1OC)C(=O)N1Cc3ccccc3C[C@H]1C(OC1CCCCO1)N2C(=O)O. The van der Waals surface area contributed by atoms with E-state index in [2.05, 4.69) is 4.74 Å². The van der Waals surface area contributed by atoms with Crippen molar-refractivity contribution in [3.63, 3.8) is 0 Å². The summed E-state index contributed by atoms with van der Waals surface area (Å²) in [6.07, 6.45) is 0.522. The fraction of sp³-hybridized carbons (Fsp3) is 0.483. The number of carbonyl (C=O) groups is 3. The molecule has 0 radical (unpaired) electrons. The number of benzene rings is 2. The first-order chi connectivity index (χ1) is 19.4. The number of hydrogen-bond acceptors (Lipinski definition) is 8. The summed E-state index contributed by atoms with van der Waals surface area (Å²) >= 11 is 0. The quantitative estimate of drug-likeness (QED) is 0.381. The summed E-state index contributed by atoms with van der Waals surface area (Å²) in [6.45, 7) is 0.995. The van der Waals surface area contributed by atoms with Gasteiger partial charge < -0.3 is 33.7 Å². The van der Waals surface area contributed by atoms with E-state index >= 15 is 0 Å². The second-order valence-electron chi connectivity index (χ2n) is 10.00. The Hall–Kier alpha value is -3.83. The highest BCUT2D eigenvalue weighted by Gasteiger charge is 2.47. The zero-order chi connectivity index (χ0) is 28.2. The van der Waals surface area contributed by atoms with Crippen LogP contribution < -0.4 is 14.4 Å². The molecule has 0 saturated carbocycles. The first-order valence-electron chi connectivity index (χ1n) is 13.5. The van der Waals surface area contributed by atoms with E-state index in [-0.39, 0.29) is 47.7 Å². The van der Waals surface area contributed by atoms with Gasteiger partial charge in [0.2, 0.25) is 0 Å². The van der Waals surface area contributed by atoms with Gasteiger partial charge in [-0.3, -0.25) is 9.59 Å². The Kier molecular flexibility index (Phi) is 8.41. The predicted octanol–water partition coefficient (Wildman–Crippen LogP) is 3.96. The summed E-state index contributed by atoms with van der Waals surface area (Å²) in [5.41, 5.74) is 2.35. The molecule has 0 aromatic heterocycles. The van der Waals surface area contributed by atoms with Crippen LogP contribution in [-0.2, 0) is 32.0 Å². The van der Waals surface area contributed by atoms with E-state index < -0.39 is 24.7 Å². The van der Waals surface area contributed by atoms with Gasteiger partial charge in [0.05, 0.1) is 38.1 Å². The van der Waals surface area contributed by atoms with E-state index in [1.54, 1.807) is 4.90 Å². The first kappa shape index (κ1) is 27.7. The highest BCUT2D eigenvalue weighted by atomic mass is 16.7. The molecule has 5 rings (SSSR count).